The van der Waals surface area contributed by atoms with E-state index < -0.39 is 17.6 Å². The summed E-state index contributed by atoms with van der Waals surface area (Å²) < 4.78 is 5.57. The Morgan fingerprint density at radius 1 is 1.19 bits per heavy atom. The molecule has 0 atom stereocenters. The van der Waals surface area contributed by atoms with Crippen LogP contribution < -0.4 is 10.6 Å². The molecule has 2 aromatic carbocycles. The highest BCUT2D eigenvalue weighted by atomic mass is 16.6. The molecule has 0 saturated heterocycles. The number of amides is 2. The van der Waals surface area contributed by atoms with E-state index in [1.165, 1.54) is 4.90 Å². The molecule has 3 rings (SSSR count). The molecule has 0 fully saturated rings. The lowest BCUT2D eigenvalue weighted by Crippen LogP contribution is -2.39. The lowest BCUT2D eigenvalue weighted by molar-refractivity contribution is 0.0584. The average molecular weight is 428 g/mol. The van der Waals surface area contributed by atoms with Crippen LogP contribution in [0.3, 0.4) is 0 Å². The van der Waals surface area contributed by atoms with Crippen LogP contribution in [-0.4, -0.2) is 29.1 Å². The van der Waals surface area contributed by atoms with Crippen LogP contribution in [0.2, 0.25) is 0 Å². The summed E-state index contributed by atoms with van der Waals surface area (Å²) in [6.07, 6.45) is 0.969. The SMILES string of the molecule is C=C(C#N)CN(C(=O)OC(C)(C)C)c1c(C(N)=O)ccc2ccc(-c3ccccn3)cc12. The number of hydrogen-bond donors (Lipinski definition) is 1. The van der Waals surface area contributed by atoms with E-state index in [9.17, 15) is 14.9 Å². The number of benzene rings is 2. The molecule has 0 aliphatic rings. The Morgan fingerprint density at radius 3 is 2.50 bits per heavy atom. The van der Waals surface area contributed by atoms with Crippen molar-refractivity contribution in [2.45, 2.75) is 26.4 Å². The van der Waals surface area contributed by atoms with Crippen molar-refractivity contribution in [1.29, 1.82) is 5.26 Å². The van der Waals surface area contributed by atoms with Gasteiger partial charge >= 0.3 is 6.09 Å². The van der Waals surface area contributed by atoms with Crippen molar-refractivity contribution < 1.29 is 14.3 Å². The van der Waals surface area contributed by atoms with Gasteiger partial charge in [0.15, 0.2) is 0 Å². The van der Waals surface area contributed by atoms with E-state index in [1.54, 1.807) is 39.1 Å². The average Bonchev–Trinajstić information content (AvgIpc) is 2.75. The van der Waals surface area contributed by atoms with Gasteiger partial charge in [-0.3, -0.25) is 14.7 Å². The van der Waals surface area contributed by atoms with Crippen molar-refractivity contribution in [3.63, 3.8) is 0 Å². The fourth-order valence-corrected chi connectivity index (χ4v) is 3.26. The van der Waals surface area contributed by atoms with Gasteiger partial charge in [-0.1, -0.05) is 30.8 Å². The zero-order chi connectivity index (χ0) is 23.5. The third-order valence-corrected chi connectivity index (χ3v) is 4.61. The Hall–Kier alpha value is -4.18. The summed E-state index contributed by atoms with van der Waals surface area (Å²) in [7, 11) is 0. The molecule has 0 radical (unpaired) electrons. The molecular formula is C25H24N4O3. The second kappa shape index (κ2) is 8.90. The van der Waals surface area contributed by atoms with E-state index in [0.29, 0.717) is 5.39 Å². The van der Waals surface area contributed by atoms with Gasteiger partial charge < -0.3 is 10.5 Å². The van der Waals surface area contributed by atoms with Crippen molar-refractivity contribution in [2.75, 3.05) is 11.4 Å². The molecule has 0 spiro atoms. The fraction of sp³-hybridized carbons (Fsp3) is 0.200. The minimum absolute atomic E-state index is 0.129. The van der Waals surface area contributed by atoms with Gasteiger partial charge in [-0.15, -0.1) is 0 Å². The number of nitrogens with zero attached hydrogens (tertiary/aromatic N) is 3. The molecule has 2 N–H and O–H groups in total. The molecule has 7 heteroatoms. The number of carbonyl (C=O) groups is 2. The molecule has 162 valence electrons. The predicted octanol–water partition coefficient (Wildman–Crippen LogP) is 4.82. The first-order valence-electron chi connectivity index (χ1n) is 9.97. The molecule has 1 heterocycles. The lowest BCUT2D eigenvalue weighted by Gasteiger charge is -2.29. The maximum Gasteiger partial charge on any atom is 0.415 e. The smallest absolute Gasteiger partial charge is 0.415 e. The number of aromatic nitrogens is 1. The predicted molar refractivity (Wildman–Crippen MR) is 124 cm³/mol. The van der Waals surface area contributed by atoms with Crippen LogP contribution in [0.1, 0.15) is 31.1 Å². The van der Waals surface area contributed by atoms with E-state index in [1.807, 2.05) is 42.5 Å². The Morgan fingerprint density at radius 2 is 1.91 bits per heavy atom. The number of primary amides is 1. The van der Waals surface area contributed by atoms with Gasteiger partial charge in [0.25, 0.3) is 5.91 Å². The molecule has 7 nitrogen and oxygen atoms in total. The second-order valence-electron chi connectivity index (χ2n) is 8.26. The summed E-state index contributed by atoms with van der Waals surface area (Å²) in [5, 5.41) is 10.7. The molecule has 0 saturated carbocycles. The lowest BCUT2D eigenvalue weighted by atomic mass is 9.98. The molecule has 1 aromatic heterocycles. The van der Waals surface area contributed by atoms with Crippen molar-refractivity contribution in [3.8, 4) is 17.3 Å². The Labute approximate surface area is 186 Å². The monoisotopic (exact) mass is 428 g/mol. The van der Waals surface area contributed by atoms with Crippen molar-refractivity contribution in [3.05, 3.63) is 72.4 Å². The first-order valence-corrected chi connectivity index (χ1v) is 9.97. The minimum atomic E-state index is -0.792. The standard InChI is InChI=1S/C25H24N4O3/c1-16(14-26)15-29(24(31)32-25(2,3)4)22-19(23(27)30)11-10-17-8-9-18(13-20(17)22)21-7-5-6-12-28-21/h5-13H,1,15H2,2-4H3,(H2,27,30). The highest BCUT2D eigenvalue weighted by Crippen LogP contribution is 2.35. The van der Waals surface area contributed by atoms with Gasteiger partial charge in [-0.25, -0.2) is 4.79 Å². The maximum absolute atomic E-state index is 13.2. The van der Waals surface area contributed by atoms with Crippen molar-refractivity contribution in [2.24, 2.45) is 5.73 Å². The molecule has 0 bridgehead atoms. The maximum atomic E-state index is 13.2. The van der Waals surface area contributed by atoms with Crippen LogP contribution >= 0.6 is 0 Å². The Bertz CT molecular complexity index is 1240. The van der Waals surface area contributed by atoms with Gasteiger partial charge in [0, 0.05) is 22.7 Å². The van der Waals surface area contributed by atoms with Gasteiger partial charge in [-0.05, 0) is 50.4 Å². The largest absolute Gasteiger partial charge is 0.443 e. The Kier molecular flexibility index (Phi) is 6.26. The van der Waals surface area contributed by atoms with E-state index >= 15 is 0 Å². The second-order valence-corrected chi connectivity index (χ2v) is 8.26. The number of hydrogen-bond acceptors (Lipinski definition) is 5. The van der Waals surface area contributed by atoms with Crippen molar-refractivity contribution >= 4 is 28.5 Å². The topological polar surface area (TPSA) is 109 Å². The molecule has 32 heavy (non-hydrogen) atoms. The fourth-order valence-electron chi connectivity index (χ4n) is 3.26. The number of carbonyl (C=O) groups excluding carboxylic acids is 2. The van der Waals surface area contributed by atoms with Gasteiger partial charge in [0.05, 0.1) is 29.6 Å². The van der Waals surface area contributed by atoms with Crippen molar-refractivity contribution in [1.82, 2.24) is 4.98 Å². The summed E-state index contributed by atoms with van der Waals surface area (Å²) in [6, 6.07) is 16.4. The van der Waals surface area contributed by atoms with Crippen LogP contribution in [0.25, 0.3) is 22.0 Å². The summed E-state index contributed by atoms with van der Waals surface area (Å²) in [6.45, 7) is 8.75. The molecular weight excluding hydrogens is 404 g/mol. The van der Waals surface area contributed by atoms with E-state index in [4.69, 9.17) is 10.5 Å². The molecule has 3 aromatic rings. The van der Waals surface area contributed by atoms with Gasteiger partial charge in [-0.2, -0.15) is 5.26 Å². The summed E-state index contributed by atoms with van der Waals surface area (Å²) in [5.74, 6) is -0.707. The molecule has 0 aliphatic heterocycles. The third-order valence-electron chi connectivity index (χ3n) is 4.61. The number of nitriles is 1. The van der Waals surface area contributed by atoms with E-state index in [-0.39, 0.29) is 23.4 Å². The summed E-state index contributed by atoms with van der Waals surface area (Å²) >= 11 is 0. The van der Waals surface area contributed by atoms with E-state index in [2.05, 4.69) is 11.6 Å². The quantitative estimate of drug-likeness (QED) is 0.586. The van der Waals surface area contributed by atoms with Crippen LogP contribution in [0.4, 0.5) is 10.5 Å². The summed E-state index contributed by atoms with van der Waals surface area (Å²) in [5.41, 5.74) is 6.92. The number of pyridine rings is 1. The Balaban J connectivity index is 2.30. The zero-order valence-corrected chi connectivity index (χ0v) is 18.3. The zero-order valence-electron chi connectivity index (χ0n) is 18.3. The highest BCUT2D eigenvalue weighted by Gasteiger charge is 2.28. The minimum Gasteiger partial charge on any atom is -0.443 e. The van der Waals surface area contributed by atoms with Crippen LogP contribution in [0, 0.1) is 11.3 Å². The first kappa shape index (κ1) is 22.5. The highest BCUT2D eigenvalue weighted by molar-refractivity contribution is 6.12. The molecule has 0 aliphatic carbocycles. The number of anilines is 1. The third kappa shape index (κ3) is 4.93. The number of nitrogens with two attached hydrogens (primary N) is 1. The number of fused-ring (bicyclic) bond motifs is 1. The number of ether oxygens (including phenoxy) is 1. The normalized spacial score (nSPS) is 10.9. The van der Waals surface area contributed by atoms with Crippen LogP contribution in [0.15, 0.2) is 66.9 Å². The van der Waals surface area contributed by atoms with E-state index in [0.717, 1.165) is 16.6 Å². The number of rotatable bonds is 5. The van der Waals surface area contributed by atoms with Gasteiger partial charge in [0.1, 0.15) is 5.60 Å². The first-order chi connectivity index (χ1) is 15.1. The van der Waals surface area contributed by atoms with Gasteiger partial charge in [0.2, 0.25) is 0 Å². The molecule has 0 unspecified atom stereocenters. The molecule has 2 amide bonds. The summed E-state index contributed by atoms with van der Waals surface area (Å²) in [4.78, 5) is 31.1. The van der Waals surface area contributed by atoms with Crippen LogP contribution in [-0.2, 0) is 4.74 Å². The van der Waals surface area contributed by atoms with Crippen LogP contribution in [0.5, 0.6) is 0 Å².